The molecular formula is C14H16F3N3. The van der Waals surface area contributed by atoms with Crippen LogP contribution in [-0.2, 0) is 0 Å². The lowest BCUT2D eigenvalue weighted by Crippen LogP contribution is -2.28. The molecule has 6 heteroatoms. The van der Waals surface area contributed by atoms with Crippen LogP contribution in [0.2, 0.25) is 0 Å². The van der Waals surface area contributed by atoms with Gasteiger partial charge >= 0.3 is 6.18 Å². The van der Waals surface area contributed by atoms with Gasteiger partial charge in [-0.2, -0.15) is 13.2 Å². The first-order valence-corrected chi connectivity index (χ1v) is 6.38. The third kappa shape index (κ3) is 3.68. The first kappa shape index (κ1) is 14.7. The highest BCUT2D eigenvalue weighted by Gasteiger charge is 2.27. The van der Waals surface area contributed by atoms with Crippen LogP contribution in [0.1, 0.15) is 30.9 Å². The van der Waals surface area contributed by atoms with E-state index in [0.29, 0.717) is 6.42 Å². The zero-order valence-corrected chi connectivity index (χ0v) is 10.8. The lowest BCUT2D eigenvalue weighted by Gasteiger charge is -2.18. The number of halogens is 3. The van der Waals surface area contributed by atoms with E-state index in [1.54, 1.807) is 12.3 Å². The van der Waals surface area contributed by atoms with Gasteiger partial charge in [0.25, 0.3) is 0 Å². The van der Waals surface area contributed by atoms with Crippen molar-refractivity contribution in [2.24, 2.45) is 5.84 Å². The zero-order valence-electron chi connectivity index (χ0n) is 10.8. The number of nitrogens with zero attached hydrogens (tertiary/aromatic N) is 1. The van der Waals surface area contributed by atoms with Crippen molar-refractivity contribution in [3.8, 4) is 0 Å². The highest BCUT2D eigenvalue weighted by atomic mass is 19.4. The van der Waals surface area contributed by atoms with Crippen LogP contribution in [0, 0.1) is 0 Å². The van der Waals surface area contributed by atoms with Gasteiger partial charge < -0.3 is 0 Å². The Morgan fingerprint density at radius 1 is 1.20 bits per heavy atom. The first-order valence-electron chi connectivity index (χ1n) is 6.38. The standard InChI is InChI=1S/C14H16F3N3/c15-14(16,17)8-3-6-13(20-18)11-7-9-19-12-5-2-1-4-10(11)12/h1-2,4-5,7,9,13,20H,3,6,8,18H2. The average Bonchev–Trinajstić information content (AvgIpc) is 2.42. The molecular weight excluding hydrogens is 267 g/mol. The van der Waals surface area contributed by atoms with Gasteiger partial charge in [0.05, 0.1) is 5.52 Å². The van der Waals surface area contributed by atoms with Gasteiger partial charge in [0.1, 0.15) is 0 Å². The first-order chi connectivity index (χ1) is 9.51. The Morgan fingerprint density at radius 2 is 1.95 bits per heavy atom. The van der Waals surface area contributed by atoms with Gasteiger partial charge in [-0.1, -0.05) is 18.2 Å². The molecule has 0 aliphatic carbocycles. The lowest BCUT2D eigenvalue weighted by atomic mass is 9.98. The molecule has 1 aromatic carbocycles. The molecule has 0 spiro atoms. The van der Waals surface area contributed by atoms with Crippen molar-refractivity contribution in [3.05, 3.63) is 42.1 Å². The molecule has 3 nitrogen and oxygen atoms in total. The van der Waals surface area contributed by atoms with Crippen molar-refractivity contribution < 1.29 is 13.2 Å². The number of nitrogens with two attached hydrogens (primary N) is 1. The fraction of sp³-hybridized carbons (Fsp3) is 0.357. The molecule has 0 saturated heterocycles. The second kappa shape index (κ2) is 6.19. The summed E-state index contributed by atoms with van der Waals surface area (Å²) >= 11 is 0. The Kier molecular flexibility index (Phi) is 4.57. The Balaban J connectivity index is 2.17. The van der Waals surface area contributed by atoms with Crippen molar-refractivity contribution in [2.45, 2.75) is 31.5 Å². The summed E-state index contributed by atoms with van der Waals surface area (Å²) in [5.41, 5.74) is 4.28. The van der Waals surface area contributed by atoms with Gasteiger partial charge in [0.2, 0.25) is 0 Å². The fourth-order valence-electron chi connectivity index (χ4n) is 2.26. The molecule has 20 heavy (non-hydrogen) atoms. The molecule has 0 aliphatic rings. The maximum absolute atomic E-state index is 12.2. The van der Waals surface area contributed by atoms with Crippen molar-refractivity contribution in [1.29, 1.82) is 0 Å². The number of fused-ring (bicyclic) bond motifs is 1. The van der Waals surface area contributed by atoms with Gasteiger partial charge in [0.15, 0.2) is 0 Å². The van der Waals surface area contributed by atoms with Crippen LogP contribution in [0.15, 0.2) is 36.5 Å². The second-order valence-corrected chi connectivity index (χ2v) is 4.64. The second-order valence-electron chi connectivity index (χ2n) is 4.64. The molecule has 0 aliphatic heterocycles. The van der Waals surface area contributed by atoms with Gasteiger partial charge in [-0.3, -0.25) is 16.3 Å². The molecule has 0 radical (unpaired) electrons. The predicted octanol–water partition coefficient (Wildman–Crippen LogP) is 3.47. The van der Waals surface area contributed by atoms with Crippen LogP contribution in [0.3, 0.4) is 0 Å². The molecule has 1 unspecified atom stereocenters. The quantitative estimate of drug-likeness (QED) is 0.652. The average molecular weight is 283 g/mol. The number of hydrogen-bond acceptors (Lipinski definition) is 3. The molecule has 0 amide bonds. The highest BCUT2D eigenvalue weighted by Crippen LogP contribution is 2.28. The predicted molar refractivity (Wildman–Crippen MR) is 71.7 cm³/mol. The summed E-state index contributed by atoms with van der Waals surface area (Å²) in [6.45, 7) is 0. The van der Waals surface area contributed by atoms with E-state index in [0.717, 1.165) is 16.5 Å². The van der Waals surface area contributed by atoms with E-state index < -0.39 is 12.6 Å². The molecule has 2 aromatic rings. The summed E-state index contributed by atoms with van der Waals surface area (Å²) in [5.74, 6) is 5.49. The van der Waals surface area contributed by atoms with Gasteiger partial charge in [0, 0.05) is 24.0 Å². The van der Waals surface area contributed by atoms with Crippen molar-refractivity contribution in [1.82, 2.24) is 10.4 Å². The summed E-state index contributed by atoms with van der Waals surface area (Å²) in [6, 6.07) is 8.98. The Morgan fingerprint density at radius 3 is 2.65 bits per heavy atom. The highest BCUT2D eigenvalue weighted by molar-refractivity contribution is 5.82. The minimum Gasteiger partial charge on any atom is -0.271 e. The topological polar surface area (TPSA) is 50.9 Å². The van der Waals surface area contributed by atoms with Crippen LogP contribution in [0.5, 0.6) is 0 Å². The van der Waals surface area contributed by atoms with Crippen molar-refractivity contribution in [3.63, 3.8) is 0 Å². The molecule has 0 bridgehead atoms. The number of para-hydroxylation sites is 1. The van der Waals surface area contributed by atoms with Crippen LogP contribution in [0.4, 0.5) is 13.2 Å². The number of nitrogens with one attached hydrogen (secondary N) is 1. The SMILES string of the molecule is NNC(CCCC(F)(F)F)c1ccnc2ccccc12. The number of rotatable bonds is 5. The number of pyridine rings is 1. The molecule has 1 aromatic heterocycles. The maximum Gasteiger partial charge on any atom is 0.389 e. The zero-order chi connectivity index (χ0) is 14.6. The third-order valence-corrected chi connectivity index (χ3v) is 3.21. The van der Waals surface area contributed by atoms with E-state index in [2.05, 4.69) is 10.4 Å². The number of hydrazine groups is 1. The molecule has 0 saturated carbocycles. The van der Waals surface area contributed by atoms with E-state index in [4.69, 9.17) is 5.84 Å². The smallest absolute Gasteiger partial charge is 0.271 e. The summed E-state index contributed by atoms with van der Waals surface area (Å²) in [4.78, 5) is 4.23. The number of aromatic nitrogens is 1. The minimum atomic E-state index is -4.13. The number of hydrogen-bond donors (Lipinski definition) is 2. The largest absolute Gasteiger partial charge is 0.389 e. The van der Waals surface area contributed by atoms with E-state index >= 15 is 0 Å². The Labute approximate surface area is 115 Å². The van der Waals surface area contributed by atoms with Gasteiger partial charge in [-0.05, 0) is 30.5 Å². The minimum absolute atomic E-state index is 0.0367. The molecule has 1 atom stereocenters. The van der Waals surface area contributed by atoms with E-state index in [1.807, 2.05) is 24.3 Å². The Bertz CT molecular complexity index is 564. The number of benzene rings is 1. The summed E-state index contributed by atoms with van der Waals surface area (Å²) < 4.78 is 36.6. The normalized spacial score (nSPS) is 13.6. The Hall–Kier alpha value is -1.66. The monoisotopic (exact) mass is 283 g/mol. The summed E-state index contributed by atoms with van der Waals surface area (Å²) in [6.07, 6.45) is -2.92. The molecule has 3 N–H and O–H groups in total. The summed E-state index contributed by atoms with van der Waals surface area (Å²) in [7, 11) is 0. The van der Waals surface area contributed by atoms with Crippen molar-refractivity contribution in [2.75, 3.05) is 0 Å². The van der Waals surface area contributed by atoms with Crippen LogP contribution in [0.25, 0.3) is 10.9 Å². The van der Waals surface area contributed by atoms with E-state index in [1.165, 1.54) is 0 Å². The lowest BCUT2D eigenvalue weighted by molar-refractivity contribution is -0.135. The molecule has 108 valence electrons. The summed E-state index contributed by atoms with van der Waals surface area (Å²) in [5, 5.41) is 0.907. The van der Waals surface area contributed by atoms with E-state index in [-0.39, 0.29) is 12.5 Å². The molecule has 0 fully saturated rings. The fourth-order valence-corrected chi connectivity index (χ4v) is 2.26. The van der Waals surface area contributed by atoms with E-state index in [9.17, 15) is 13.2 Å². The van der Waals surface area contributed by atoms with Crippen LogP contribution < -0.4 is 11.3 Å². The maximum atomic E-state index is 12.2. The van der Waals surface area contributed by atoms with Gasteiger partial charge in [-0.15, -0.1) is 0 Å². The van der Waals surface area contributed by atoms with Crippen molar-refractivity contribution >= 4 is 10.9 Å². The molecule has 1 heterocycles. The van der Waals surface area contributed by atoms with Crippen LogP contribution in [-0.4, -0.2) is 11.2 Å². The third-order valence-electron chi connectivity index (χ3n) is 3.21. The van der Waals surface area contributed by atoms with Gasteiger partial charge in [-0.25, -0.2) is 0 Å². The van der Waals surface area contributed by atoms with Crippen LogP contribution >= 0.6 is 0 Å². The number of alkyl halides is 3. The molecule has 2 rings (SSSR count).